The van der Waals surface area contributed by atoms with E-state index in [0.717, 1.165) is 5.69 Å². The Morgan fingerprint density at radius 3 is 2.83 bits per heavy atom. The molecule has 0 aliphatic heterocycles. The van der Waals surface area contributed by atoms with Crippen LogP contribution in [0.15, 0.2) is 18.6 Å². The van der Waals surface area contributed by atoms with Crippen molar-refractivity contribution in [2.75, 3.05) is 6.61 Å². The molecule has 0 aromatic carbocycles. The highest BCUT2D eigenvalue weighted by Crippen LogP contribution is 1.99. The minimum absolute atomic E-state index is 0.194. The van der Waals surface area contributed by atoms with Crippen molar-refractivity contribution >= 4 is 0 Å². The van der Waals surface area contributed by atoms with Gasteiger partial charge in [-0.2, -0.15) is 0 Å². The Hall–Kier alpha value is -1.00. The number of hydrogen-bond acceptors (Lipinski definition) is 4. The van der Waals surface area contributed by atoms with Gasteiger partial charge in [0, 0.05) is 18.6 Å². The summed E-state index contributed by atoms with van der Waals surface area (Å²) in [7, 11) is 0. The Balaban J connectivity index is 2.33. The minimum atomic E-state index is -0.646. The Morgan fingerprint density at radius 1 is 1.42 bits per heavy atom. The maximum atomic E-state index is 9.02. The molecule has 0 bridgehead atoms. The summed E-state index contributed by atoms with van der Waals surface area (Å²) in [6, 6.07) is 0. The lowest BCUT2D eigenvalue weighted by atomic mass is 10.2. The molecular weight excluding hydrogens is 156 g/mol. The van der Waals surface area contributed by atoms with Crippen molar-refractivity contribution in [2.24, 2.45) is 0 Å². The van der Waals surface area contributed by atoms with Gasteiger partial charge in [0.2, 0.25) is 0 Å². The monoisotopic (exact) mass is 168 g/mol. The minimum Gasteiger partial charge on any atom is -0.394 e. The highest BCUT2D eigenvalue weighted by Gasteiger charge is 2.02. The summed E-state index contributed by atoms with van der Waals surface area (Å²) < 4.78 is 0. The average molecular weight is 168 g/mol. The Kier molecular flexibility index (Phi) is 3.63. The summed E-state index contributed by atoms with van der Waals surface area (Å²) in [4.78, 5) is 7.91. The quantitative estimate of drug-likeness (QED) is 0.651. The standard InChI is InChI=1S/C8H12N2O2/c11-6-8(12)2-1-7-5-9-3-4-10-7/h3-5,8,11-12H,1-2,6H2. The van der Waals surface area contributed by atoms with Crippen LogP contribution >= 0.6 is 0 Å². The third-order valence-corrected chi connectivity index (χ3v) is 1.56. The molecule has 1 heterocycles. The first-order chi connectivity index (χ1) is 5.83. The van der Waals surface area contributed by atoms with E-state index < -0.39 is 6.10 Å². The number of hydrogen-bond donors (Lipinski definition) is 2. The van der Waals surface area contributed by atoms with Crippen LogP contribution < -0.4 is 0 Å². The van der Waals surface area contributed by atoms with Gasteiger partial charge in [0.25, 0.3) is 0 Å². The van der Waals surface area contributed by atoms with Gasteiger partial charge in [-0.3, -0.25) is 9.97 Å². The van der Waals surface area contributed by atoms with Crippen LogP contribution in [-0.2, 0) is 6.42 Å². The van der Waals surface area contributed by atoms with Crippen LogP contribution in [0.1, 0.15) is 12.1 Å². The van der Waals surface area contributed by atoms with Crippen LogP contribution in [0.3, 0.4) is 0 Å². The lowest BCUT2D eigenvalue weighted by Crippen LogP contribution is -2.13. The van der Waals surface area contributed by atoms with Crippen molar-refractivity contribution in [3.63, 3.8) is 0 Å². The molecule has 0 aliphatic rings. The molecule has 0 fully saturated rings. The molecule has 1 aromatic heterocycles. The zero-order valence-corrected chi connectivity index (χ0v) is 6.72. The summed E-state index contributed by atoms with van der Waals surface area (Å²) >= 11 is 0. The summed E-state index contributed by atoms with van der Waals surface area (Å²) in [5, 5.41) is 17.5. The second-order valence-electron chi connectivity index (χ2n) is 2.57. The smallest absolute Gasteiger partial charge is 0.0774 e. The molecule has 2 N–H and O–H groups in total. The highest BCUT2D eigenvalue weighted by atomic mass is 16.3. The van der Waals surface area contributed by atoms with Gasteiger partial charge in [-0.15, -0.1) is 0 Å². The molecule has 1 rings (SSSR count). The van der Waals surface area contributed by atoms with E-state index in [2.05, 4.69) is 9.97 Å². The Morgan fingerprint density at radius 2 is 2.25 bits per heavy atom. The zero-order chi connectivity index (χ0) is 8.81. The second kappa shape index (κ2) is 4.79. The second-order valence-corrected chi connectivity index (χ2v) is 2.57. The maximum absolute atomic E-state index is 9.02. The SMILES string of the molecule is OCC(O)CCc1cnccn1. The first-order valence-electron chi connectivity index (χ1n) is 3.86. The Bertz CT molecular complexity index is 216. The molecule has 0 saturated carbocycles. The molecule has 4 heteroatoms. The van der Waals surface area contributed by atoms with E-state index in [1.54, 1.807) is 18.6 Å². The fraction of sp³-hybridized carbons (Fsp3) is 0.500. The molecule has 12 heavy (non-hydrogen) atoms. The van der Waals surface area contributed by atoms with Crippen molar-refractivity contribution in [2.45, 2.75) is 18.9 Å². The predicted octanol–water partition coefficient (Wildman–Crippen LogP) is -0.238. The van der Waals surface area contributed by atoms with Gasteiger partial charge in [0.15, 0.2) is 0 Å². The van der Waals surface area contributed by atoms with Crippen molar-refractivity contribution < 1.29 is 10.2 Å². The van der Waals surface area contributed by atoms with Crippen molar-refractivity contribution in [1.29, 1.82) is 0 Å². The largest absolute Gasteiger partial charge is 0.394 e. The highest BCUT2D eigenvalue weighted by molar-refractivity contribution is 4.94. The number of aliphatic hydroxyl groups is 2. The maximum Gasteiger partial charge on any atom is 0.0774 e. The molecular formula is C8H12N2O2. The molecule has 66 valence electrons. The van der Waals surface area contributed by atoms with Crippen LogP contribution in [0.25, 0.3) is 0 Å². The van der Waals surface area contributed by atoms with Crippen LogP contribution in [0, 0.1) is 0 Å². The van der Waals surface area contributed by atoms with Gasteiger partial charge in [0.05, 0.1) is 18.4 Å². The van der Waals surface area contributed by atoms with Gasteiger partial charge in [-0.05, 0) is 12.8 Å². The molecule has 0 saturated heterocycles. The van der Waals surface area contributed by atoms with E-state index in [1.807, 2.05) is 0 Å². The number of nitrogens with zero attached hydrogens (tertiary/aromatic N) is 2. The van der Waals surface area contributed by atoms with Crippen molar-refractivity contribution in [3.8, 4) is 0 Å². The first kappa shape index (κ1) is 9.09. The van der Waals surface area contributed by atoms with E-state index >= 15 is 0 Å². The fourth-order valence-corrected chi connectivity index (χ4v) is 0.865. The van der Waals surface area contributed by atoms with E-state index in [-0.39, 0.29) is 6.61 Å². The van der Waals surface area contributed by atoms with Crippen LogP contribution in [-0.4, -0.2) is 32.9 Å². The zero-order valence-electron chi connectivity index (χ0n) is 6.72. The Labute approximate surface area is 70.9 Å². The number of aliphatic hydroxyl groups excluding tert-OH is 2. The van der Waals surface area contributed by atoms with Crippen molar-refractivity contribution in [3.05, 3.63) is 24.3 Å². The van der Waals surface area contributed by atoms with Gasteiger partial charge in [-0.25, -0.2) is 0 Å². The van der Waals surface area contributed by atoms with Crippen LogP contribution in [0.4, 0.5) is 0 Å². The van der Waals surface area contributed by atoms with Crippen LogP contribution in [0.5, 0.6) is 0 Å². The molecule has 1 aromatic rings. The van der Waals surface area contributed by atoms with Gasteiger partial charge in [-0.1, -0.05) is 0 Å². The molecule has 4 nitrogen and oxygen atoms in total. The van der Waals surface area contributed by atoms with E-state index in [9.17, 15) is 0 Å². The summed E-state index contributed by atoms with van der Waals surface area (Å²) in [5.41, 5.74) is 0.838. The molecule has 0 aliphatic carbocycles. The summed E-state index contributed by atoms with van der Waals surface area (Å²) in [6.07, 6.45) is 5.40. The summed E-state index contributed by atoms with van der Waals surface area (Å²) in [6.45, 7) is -0.194. The average Bonchev–Trinajstić information content (AvgIpc) is 2.16. The van der Waals surface area contributed by atoms with E-state index in [1.165, 1.54) is 0 Å². The fourth-order valence-electron chi connectivity index (χ4n) is 0.865. The molecule has 0 amide bonds. The normalized spacial score (nSPS) is 12.8. The lowest BCUT2D eigenvalue weighted by Gasteiger charge is -2.04. The molecule has 1 unspecified atom stereocenters. The van der Waals surface area contributed by atoms with E-state index in [0.29, 0.717) is 12.8 Å². The number of aromatic nitrogens is 2. The van der Waals surface area contributed by atoms with Gasteiger partial charge >= 0.3 is 0 Å². The predicted molar refractivity (Wildman–Crippen MR) is 43.4 cm³/mol. The van der Waals surface area contributed by atoms with E-state index in [4.69, 9.17) is 10.2 Å². The first-order valence-corrected chi connectivity index (χ1v) is 3.86. The third kappa shape index (κ3) is 2.94. The molecule has 1 atom stereocenters. The van der Waals surface area contributed by atoms with Crippen LogP contribution in [0.2, 0.25) is 0 Å². The van der Waals surface area contributed by atoms with Gasteiger partial charge < -0.3 is 10.2 Å². The number of rotatable bonds is 4. The summed E-state index contributed by atoms with van der Waals surface area (Å²) in [5.74, 6) is 0. The number of aryl methyl sites for hydroxylation is 1. The lowest BCUT2D eigenvalue weighted by molar-refractivity contribution is 0.0883. The third-order valence-electron chi connectivity index (χ3n) is 1.56. The topological polar surface area (TPSA) is 66.2 Å². The van der Waals surface area contributed by atoms with Gasteiger partial charge in [0.1, 0.15) is 0 Å². The molecule has 0 spiro atoms. The van der Waals surface area contributed by atoms with Crippen molar-refractivity contribution in [1.82, 2.24) is 9.97 Å². The molecule has 0 radical (unpaired) electrons.